The maximum absolute atomic E-state index is 12.5. The molecule has 0 fully saturated rings. The third-order valence-corrected chi connectivity index (χ3v) is 7.41. The van der Waals surface area contributed by atoms with Crippen LogP contribution in [0.25, 0.3) is 0 Å². The minimum atomic E-state index is -0.184. The largest absolute Gasteiger partial charge is 0.360 e. The van der Waals surface area contributed by atoms with Crippen LogP contribution in [0.5, 0.6) is 0 Å². The van der Waals surface area contributed by atoms with Crippen molar-refractivity contribution in [2.24, 2.45) is 0 Å². The standard InChI is InChI=1S/C23H20N4O2S3/c28-20(15-31-23-27-26-22(32-23)24-13-12-19-7-4-14-30-19)16-8-10-18(11-9-16)25-21(29)17-5-2-1-3-6-17/h1-11,14H,12-13,15H2,(H,24,26)(H,25,29). The second-order valence-corrected chi connectivity index (χ2v) is 9.97. The van der Waals surface area contributed by atoms with E-state index in [9.17, 15) is 9.59 Å². The highest BCUT2D eigenvalue weighted by Gasteiger charge is 2.11. The molecule has 4 aromatic rings. The van der Waals surface area contributed by atoms with Crippen molar-refractivity contribution in [2.75, 3.05) is 22.9 Å². The number of nitrogens with zero attached hydrogens (tertiary/aromatic N) is 2. The molecule has 32 heavy (non-hydrogen) atoms. The van der Waals surface area contributed by atoms with E-state index in [4.69, 9.17) is 0 Å². The van der Waals surface area contributed by atoms with Crippen LogP contribution >= 0.6 is 34.4 Å². The quantitative estimate of drug-likeness (QED) is 0.231. The van der Waals surface area contributed by atoms with E-state index in [0.717, 1.165) is 22.4 Å². The van der Waals surface area contributed by atoms with Crippen molar-refractivity contribution in [3.63, 3.8) is 0 Å². The van der Waals surface area contributed by atoms with Gasteiger partial charge in [-0.25, -0.2) is 0 Å². The number of carbonyl (C=O) groups excluding carboxylic acids is 2. The van der Waals surface area contributed by atoms with Crippen LogP contribution in [0.1, 0.15) is 25.6 Å². The molecule has 0 spiro atoms. The lowest BCUT2D eigenvalue weighted by atomic mass is 10.1. The molecule has 6 nitrogen and oxygen atoms in total. The van der Waals surface area contributed by atoms with E-state index < -0.39 is 0 Å². The third kappa shape index (κ3) is 6.25. The zero-order valence-corrected chi connectivity index (χ0v) is 19.4. The summed E-state index contributed by atoms with van der Waals surface area (Å²) in [4.78, 5) is 26.1. The summed E-state index contributed by atoms with van der Waals surface area (Å²) in [5, 5.41) is 17.2. The summed E-state index contributed by atoms with van der Waals surface area (Å²) >= 11 is 4.56. The van der Waals surface area contributed by atoms with Crippen LogP contribution in [-0.4, -0.2) is 34.2 Å². The molecule has 9 heteroatoms. The molecule has 1 amide bonds. The average molecular weight is 481 g/mol. The van der Waals surface area contributed by atoms with Gasteiger partial charge in [-0.05, 0) is 54.3 Å². The van der Waals surface area contributed by atoms with Crippen LogP contribution in [0.15, 0.2) is 76.4 Å². The lowest BCUT2D eigenvalue weighted by molar-refractivity contribution is 0.101. The number of thioether (sulfide) groups is 1. The van der Waals surface area contributed by atoms with Gasteiger partial charge in [0, 0.05) is 28.2 Å². The van der Waals surface area contributed by atoms with E-state index in [1.165, 1.54) is 28.0 Å². The molecule has 2 aromatic heterocycles. The van der Waals surface area contributed by atoms with Crippen molar-refractivity contribution in [2.45, 2.75) is 10.8 Å². The molecule has 2 aromatic carbocycles. The highest BCUT2D eigenvalue weighted by Crippen LogP contribution is 2.26. The molecule has 2 heterocycles. The highest BCUT2D eigenvalue weighted by molar-refractivity contribution is 8.01. The predicted molar refractivity (Wildman–Crippen MR) is 132 cm³/mol. The molecule has 0 saturated carbocycles. The van der Waals surface area contributed by atoms with Crippen LogP contribution in [0.3, 0.4) is 0 Å². The Morgan fingerprint density at radius 3 is 2.47 bits per heavy atom. The number of anilines is 2. The summed E-state index contributed by atoms with van der Waals surface area (Å²) in [5.74, 6) is 0.0918. The summed E-state index contributed by atoms with van der Waals surface area (Å²) in [6.07, 6.45) is 0.944. The Morgan fingerprint density at radius 1 is 0.906 bits per heavy atom. The number of hydrogen-bond acceptors (Lipinski definition) is 8. The molecular formula is C23H20N4O2S3. The summed E-state index contributed by atoms with van der Waals surface area (Å²) in [6, 6.07) is 20.1. The van der Waals surface area contributed by atoms with E-state index in [1.807, 2.05) is 24.3 Å². The summed E-state index contributed by atoms with van der Waals surface area (Å²) in [7, 11) is 0. The number of ketones is 1. The topological polar surface area (TPSA) is 84.0 Å². The second-order valence-electron chi connectivity index (χ2n) is 6.74. The molecule has 0 atom stereocenters. The van der Waals surface area contributed by atoms with Crippen molar-refractivity contribution >= 4 is 56.9 Å². The smallest absolute Gasteiger partial charge is 0.255 e. The Bertz CT molecular complexity index is 1160. The van der Waals surface area contributed by atoms with Crippen molar-refractivity contribution in [3.05, 3.63) is 88.1 Å². The van der Waals surface area contributed by atoms with Crippen molar-refractivity contribution in [1.82, 2.24) is 10.2 Å². The number of aromatic nitrogens is 2. The zero-order valence-electron chi connectivity index (χ0n) is 17.0. The van der Waals surface area contributed by atoms with Gasteiger partial charge in [-0.3, -0.25) is 9.59 Å². The summed E-state index contributed by atoms with van der Waals surface area (Å²) < 4.78 is 0.753. The average Bonchev–Trinajstić information content (AvgIpc) is 3.51. The van der Waals surface area contributed by atoms with Gasteiger partial charge in [0.05, 0.1) is 5.75 Å². The van der Waals surface area contributed by atoms with Gasteiger partial charge in [-0.2, -0.15) is 0 Å². The Hall–Kier alpha value is -3.01. The fourth-order valence-electron chi connectivity index (χ4n) is 2.83. The molecule has 162 valence electrons. The minimum Gasteiger partial charge on any atom is -0.360 e. The first-order chi connectivity index (χ1) is 15.7. The number of amides is 1. The first-order valence-corrected chi connectivity index (χ1v) is 12.6. The highest BCUT2D eigenvalue weighted by atomic mass is 32.2. The molecule has 0 radical (unpaired) electrons. The van der Waals surface area contributed by atoms with Crippen LogP contribution < -0.4 is 10.6 Å². The number of thiophene rings is 1. The molecule has 0 saturated heterocycles. The molecule has 2 N–H and O–H groups in total. The molecule has 0 bridgehead atoms. The number of hydrogen-bond donors (Lipinski definition) is 2. The molecule has 4 rings (SSSR count). The maximum atomic E-state index is 12.5. The SMILES string of the molecule is O=C(CSc1nnc(NCCc2cccs2)s1)c1ccc(NC(=O)c2ccccc2)cc1. The second kappa shape index (κ2) is 11.0. The van der Waals surface area contributed by atoms with E-state index in [-0.39, 0.29) is 17.4 Å². The predicted octanol–water partition coefficient (Wildman–Crippen LogP) is 5.48. The van der Waals surface area contributed by atoms with Crippen molar-refractivity contribution in [3.8, 4) is 0 Å². The molecule has 0 aliphatic rings. The van der Waals surface area contributed by atoms with Crippen molar-refractivity contribution < 1.29 is 9.59 Å². The van der Waals surface area contributed by atoms with Gasteiger partial charge in [0.25, 0.3) is 5.91 Å². The van der Waals surface area contributed by atoms with Crippen molar-refractivity contribution in [1.29, 1.82) is 0 Å². The molecule has 0 aliphatic heterocycles. The summed E-state index contributed by atoms with van der Waals surface area (Å²) in [6.45, 7) is 0.798. The van der Waals surface area contributed by atoms with E-state index in [1.54, 1.807) is 47.7 Å². The Labute approximate surface area is 198 Å². The first kappa shape index (κ1) is 22.2. The van der Waals surface area contributed by atoms with Gasteiger partial charge in [0.2, 0.25) is 5.13 Å². The number of carbonyl (C=O) groups is 2. The molecular weight excluding hydrogens is 460 g/mol. The number of rotatable bonds is 10. The lowest BCUT2D eigenvalue weighted by Crippen LogP contribution is -2.11. The first-order valence-electron chi connectivity index (χ1n) is 9.89. The number of Topliss-reactive ketones (excluding diaryl/α,β-unsaturated/α-hetero) is 1. The fraction of sp³-hybridized carbons (Fsp3) is 0.130. The van der Waals surface area contributed by atoms with Crippen LogP contribution in [0, 0.1) is 0 Å². The maximum Gasteiger partial charge on any atom is 0.255 e. The van der Waals surface area contributed by atoms with Crippen LogP contribution in [-0.2, 0) is 6.42 Å². The number of nitrogens with one attached hydrogen (secondary N) is 2. The Balaban J connectivity index is 1.23. The normalized spacial score (nSPS) is 10.6. The van der Waals surface area contributed by atoms with E-state index >= 15 is 0 Å². The third-order valence-electron chi connectivity index (χ3n) is 4.46. The van der Waals surface area contributed by atoms with Gasteiger partial charge in [-0.1, -0.05) is 47.4 Å². The number of benzene rings is 2. The lowest BCUT2D eigenvalue weighted by Gasteiger charge is -2.06. The molecule has 0 unspecified atom stereocenters. The van der Waals surface area contributed by atoms with Gasteiger partial charge in [0.1, 0.15) is 0 Å². The molecule has 0 aliphatic carbocycles. The Morgan fingerprint density at radius 2 is 1.72 bits per heavy atom. The fourth-order valence-corrected chi connectivity index (χ4v) is 5.21. The van der Waals surface area contributed by atoms with Gasteiger partial charge in [-0.15, -0.1) is 21.5 Å². The summed E-state index contributed by atoms with van der Waals surface area (Å²) in [5.41, 5.74) is 1.82. The van der Waals surface area contributed by atoms with Crippen LogP contribution in [0.2, 0.25) is 0 Å². The van der Waals surface area contributed by atoms with Gasteiger partial charge >= 0.3 is 0 Å². The Kier molecular flexibility index (Phi) is 7.65. The zero-order chi connectivity index (χ0) is 22.2. The minimum absolute atomic E-state index is 0.00154. The van der Waals surface area contributed by atoms with Crippen LogP contribution in [0.4, 0.5) is 10.8 Å². The van der Waals surface area contributed by atoms with E-state index in [0.29, 0.717) is 16.8 Å². The van der Waals surface area contributed by atoms with Gasteiger partial charge in [0.15, 0.2) is 10.1 Å². The van der Waals surface area contributed by atoms with E-state index in [2.05, 4.69) is 32.3 Å². The monoisotopic (exact) mass is 480 g/mol. The van der Waals surface area contributed by atoms with Gasteiger partial charge < -0.3 is 10.6 Å².